The van der Waals surface area contributed by atoms with E-state index in [1.807, 2.05) is 24.3 Å². The van der Waals surface area contributed by atoms with E-state index in [1.54, 1.807) is 39.5 Å². The van der Waals surface area contributed by atoms with Crippen molar-refractivity contribution in [3.63, 3.8) is 0 Å². The number of anilines is 1. The van der Waals surface area contributed by atoms with Gasteiger partial charge < -0.3 is 29.6 Å². The summed E-state index contributed by atoms with van der Waals surface area (Å²) in [6, 6.07) is 11.0. The summed E-state index contributed by atoms with van der Waals surface area (Å²) < 4.78 is 21.9. The van der Waals surface area contributed by atoms with Crippen LogP contribution in [0, 0.1) is 5.92 Å². The summed E-state index contributed by atoms with van der Waals surface area (Å²) in [6.07, 6.45) is 5.41. The summed E-state index contributed by atoms with van der Waals surface area (Å²) in [5.41, 5.74) is 1.44. The predicted octanol–water partition coefficient (Wildman–Crippen LogP) is 3.74. The summed E-state index contributed by atoms with van der Waals surface area (Å²) in [6.45, 7) is 2.78. The Balaban J connectivity index is 1.61. The maximum Gasteiger partial charge on any atom is 0.248 e. The van der Waals surface area contributed by atoms with Crippen LogP contribution < -0.4 is 29.6 Å². The van der Waals surface area contributed by atoms with Gasteiger partial charge in [-0.2, -0.15) is 0 Å². The Labute approximate surface area is 183 Å². The van der Waals surface area contributed by atoms with E-state index in [2.05, 4.69) is 10.6 Å². The summed E-state index contributed by atoms with van der Waals surface area (Å²) in [7, 11) is 4.66. The normalized spacial score (nSPS) is 14.3. The second-order valence-electron chi connectivity index (χ2n) is 7.31. The third kappa shape index (κ3) is 6.39. The fraction of sp³-hybridized carbons (Fsp3) is 0.375. The highest BCUT2D eigenvalue weighted by atomic mass is 16.5. The van der Waals surface area contributed by atoms with Crippen LogP contribution in [0.1, 0.15) is 18.4 Å². The number of carbonyl (C=O) groups excluding carboxylic acids is 1. The van der Waals surface area contributed by atoms with Crippen LogP contribution in [0.15, 0.2) is 42.5 Å². The SMILES string of the molecule is COc1cc(/C=C/C(=O)Nc2cccc(OCC3CCNCC3)c2)cc(OC)c1OC. The summed E-state index contributed by atoms with van der Waals surface area (Å²) >= 11 is 0. The summed E-state index contributed by atoms with van der Waals surface area (Å²) in [4.78, 5) is 12.4. The summed E-state index contributed by atoms with van der Waals surface area (Å²) in [5, 5.41) is 6.22. The molecule has 7 nitrogen and oxygen atoms in total. The lowest BCUT2D eigenvalue weighted by Gasteiger charge is -2.22. The molecule has 0 radical (unpaired) electrons. The minimum Gasteiger partial charge on any atom is -0.493 e. The Morgan fingerprint density at radius 2 is 1.77 bits per heavy atom. The van der Waals surface area contributed by atoms with Crippen LogP contribution >= 0.6 is 0 Å². The maximum absolute atomic E-state index is 12.4. The largest absolute Gasteiger partial charge is 0.493 e. The van der Waals surface area contributed by atoms with E-state index < -0.39 is 0 Å². The molecule has 0 unspecified atom stereocenters. The van der Waals surface area contributed by atoms with E-state index >= 15 is 0 Å². The monoisotopic (exact) mass is 426 g/mol. The molecule has 0 spiro atoms. The molecule has 0 aliphatic carbocycles. The maximum atomic E-state index is 12.4. The molecular weight excluding hydrogens is 396 g/mol. The van der Waals surface area contributed by atoms with Crippen LogP contribution in [0.5, 0.6) is 23.0 Å². The molecule has 0 bridgehead atoms. The first-order valence-corrected chi connectivity index (χ1v) is 10.4. The van der Waals surface area contributed by atoms with Crippen molar-refractivity contribution < 1.29 is 23.7 Å². The van der Waals surface area contributed by atoms with E-state index in [9.17, 15) is 4.79 Å². The minimum atomic E-state index is -0.246. The molecule has 2 N–H and O–H groups in total. The number of carbonyl (C=O) groups is 1. The average molecular weight is 427 g/mol. The zero-order chi connectivity index (χ0) is 22.1. The third-order valence-electron chi connectivity index (χ3n) is 5.16. The van der Waals surface area contributed by atoms with Gasteiger partial charge in [0.25, 0.3) is 0 Å². The second kappa shape index (κ2) is 11.3. The molecule has 2 aromatic carbocycles. The van der Waals surface area contributed by atoms with Crippen LogP contribution in [0.25, 0.3) is 6.08 Å². The first-order valence-electron chi connectivity index (χ1n) is 10.4. The zero-order valence-corrected chi connectivity index (χ0v) is 18.3. The van der Waals surface area contributed by atoms with E-state index in [0.717, 1.165) is 37.2 Å². The number of methoxy groups -OCH3 is 3. The number of amides is 1. The molecule has 1 aliphatic rings. The van der Waals surface area contributed by atoms with Crippen molar-refractivity contribution in [3.8, 4) is 23.0 Å². The molecule has 1 fully saturated rings. The molecule has 0 atom stereocenters. The van der Waals surface area contributed by atoms with Gasteiger partial charge in [0.05, 0.1) is 27.9 Å². The van der Waals surface area contributed by atoms with Gasteiger partial charge in [0.1, 0.15) is 5.75 Å². The smallest absolute Gasteiger partial charge is 0.248 e. The molecular formula is C24H30N2O5. The van der Waals surface area contributed by atoms with Gasteiger partial charge in [0.15, 0.2) is 11.5 Å². The van der Waals surface area contributed by atoms with Gasteiger partial charge in [-0.1, -0.05) is 6.07 Å². The fourth-order valence-electron chi connectivity index (χ4n) is 3.48. The van der Waals surface area contributed by atoms with Crippen LogP contribution in [0.4, 0.5) is 5.69 Å². The van der Waals surface area contributed by atoms with Gasteiger partial charge in [-0.3, -0.25) is 4.79 Å². The number of nitrogens with one attached hydrogen (secondary N) is 2. The lowest BCUT2D eigenvalue weighted by molar-refractivity contribution is -0.111. The van der Waals surface area contributed by atoms with Gasteiger partial charge in [-0.05, 0) is 67.8 Å². The molecule has 1 aliphatic heterocycles. The number of piperidine rings is 1. The van der Waals surface area contributed by atoms with E-state index in [-0.39, 0.29) is 5.91 Å². The predicted molar refractivity (Wildman–Crippen MR) is 121 cm³/mol. The average Bonchev–Trinajstić information content (AvgIpc) is 2.81. The Morgan fingerprint density at radius 3 is 2.42 bits per heavy atom. The molecule has 0 aromatic heterocycles. The molecule has 0 saturated carbocycles. The Hall–Kier alpha value is -3.19. The lowest BCUT2D eigenvalue weighted by atomic mass is 9.99. The van der Waals surface area contributed by atoms with Gasteiger partial charge >= 0.3 is 0 Å². The highest BCUT2D eigenvalue weighted by molar-refractivity contribution is 6.02. The quantitative estimate of drug-likeness (QED) is 0.595. The Morgan fingerprint density at radius 1 is 1.06 bits per heavy atom. The van der Waals surface area contributed by atoms with Crippen LogP contribution in [0.3, 0.4) is 0 Å². The van der Waals surface area contributed by atoms with Crippen molar-refractivity contribution in [2.45, 2.75) is 12.8 Å². The minimum absolute atomic E-state index is 0.246. The Kier molecular flexibility index (Phi) is 8.18. The van der Waals surface area contributed by atoms with Crippen molar-refractivity contribution in [1.82, 2.24) is 5.32 Å². The van der Waals surface area contributed by atoms with Gasteiger partial charge in [0.2, 0.25) is 11.7 Å². The first-order chi connectivity index (χ1) is 15.1. The number of ether oxygens (including phenoxy) is 4. The highest BCUT2D eigenvalue weighted by Crippen LogP contribution is 2.38. The fourth-order valence-corrected chi connectivity index (χ4v) is 3.48. The van der Waals surface area contributed by atoms with Crippen LogP contribution in [-0.2, 0) is 4.79 Å². The van der Waals surface area contributed by atoms with E-state index in [4.69, 9.17) is 18.9 Å². The number of benzene rings is 2. The molecule has 3 rings (SSSR count). The van der Waals surface area contributed by atoms with Gasteiger partial charge in [-0.15, -0.1) is 0 Å². The van der Waals surface area contributed by atoms with Gasteiger partial charge in [0, 0.05) is 17.8 Å². The standard InChI is InChI=1S/C24H30N2O5/c1-28-21-13-18(14-22(29-2)24(21)30-3)7-8-23(27)26-19-5-4-6-20(15-19)31-16-17-9-11-25-12-10-17/h4-8,13-15,17,25H,9-12,16H2,1-3H3,(H,26,27)/b8-7+. The van der Waals surface area contributed by atoms with Crippen molar-refractivity contribution >= 4 is 17.7 Å². The zero-order valence-electron chi connectivity index (χ0n) is 18.3. The van der Waals surface area contributed by atoms with Crippen molar-refractivity contribution in [1.29, 1.82) is 0 Å². The topological polar surface area (TPSA) is 78.1 Å². The number of rotatable bonds is 9. The number of hydrogen-bond acceptors (Lipinski definition) is 6. The summed E-state index contributed by atoms with van der Waals surface area (Å²) in [5.74, 6) is 2.64. The third-order valence-corrected chi connectivity index (χ3v) is 5.16. The molecule has 1 amide bonds. The van der Waals surface area contributed by atoms with Crippen LogP contribution in [0.2, 0.25) is 0 Å². The molecule has 31 heavy (non-hydrogen) atoms. The molecule has 2 aromatic rings. The van der Waals surface area contributed by atoms with E-state index in [0.29, 0.717) is 35.5 Å². The first kappa shape index (κ1) is 22.5. The molecule has 1 saturated heterocycles. The van der Waals surface area contributed by atoms with E-state index in [1.165, 1.54) is 6.08 Å². The van der Waals surface area contributed by atoms with Crippen molar-refractivity contribution in [2.24, 2.45) is 5.92 Å². The molecule has 7 heteroatoms. The van der Waals surface area contributed by atoms with Crippen LogP contribution in [-0.4, -0.2) is 46.9 Å². The second-order valence-corrected chi connectivity index (χ2v) is 7.31. The molecule has 166 valence electrons. The Bertz CT molecular complexity index is 882. The van der Waals surface area contributed by atoms with Crippen molar-refractivity contribution in [2.75, 3.05) is 46.3 Å². The van der Waals surface area contributed by atoms with Gasteiger partial charge in [-0.25, -0.2) is 0 Å². The lowest BCUT2D eigenvalue weighted by Crippen LogP contribution is -2.30. The number of hydrogen-bond donors (Lipinski definition) is 2. The highest BCUT2D eigenvalue weighted by Gasteiger charge is 2.14. The van der Waals surface area contributed by atoms with Crippen molar-refractivity contribution in [3.05, 3.63) is 48.0 Å². The molecule has 1 heterocycles.